The minimum atomic E-state index is 0. The van der Waals surface area contributed by atoms with Crippen LogP contribution in [0.25, 0.3) is 11.1 Å². The van der Waals surface area contributed by atoms with Crippen LogP contribution >= 0.6 is 0 Å². The molecule has 3 aromatic rings. The van der Waals surface area contributed by atoms with E-state index in [4.69, 9.17) is 4.74 Å². The van der Waals surface area contributed by atoms with Gasteiger partial charge in [0, 0.05) is 7.97 Å². The molecule has 0 heterocycles. The van der Waals surface area contributed by atoms with Crippen LogP contribution in [0.1, 0.15) is 31.5 Å². The van der Waals surface area contributed by atoms with Crippen LogP contribution in [0.5, 0.6) is 11.5 Å². The van der Waals surface area contributed by atoms with Gasteiger partial charge in [0.25, 0.3) is 0 Å². The van der Waals surface area contributed by atoms with Crippen LogP contribution in [-0.4, -0.2) is 25.3 Å². The predicted molar refractivity (Wildman–Crippen MR) is 119 cm³/mol. The van der Waals surface area contributed by atoms with Crippen molar-refractivity contribution in [3.8, 4) is 11.5 Å². The van der Waals surface area contributed by atoms with Gasteiger partial charge in [-0.1, -0.05) is 61.5 Å². The third-order valence-electron chi connectivity index (χ3n) is 4.70. The van der Waals surface area contributed by atoms with Gasteiger partial charge in [-0.25, -0.2) is 0 Å². The van der Waals surface area contributed by atoms with E-state index in [0.717, 1.165) is 29.8 Å². The van der Waals surface area contributed by atoms with Crippen LogP contribution in [0.4, 0.5) is 0 Å². The molecule has 3 heteroatoms. The second kappa shape index (κ2) is 9.77. The monoisotopic (exact) mass is 375 g/mol. The number of hydrogen-bond donors (Lipinski definition) is 2. The van der Waals surface area contributed by atoms with E-state index in [1.54, 1.807) is 12.1 Å². The number of nitrogens with one attached hydrogen (secondary N) is 1. The van der Waals surface area contributed by atoms with Crippen LogP contribution < -0.4 is 10.1 Å². The number of likely N-dealkylation sites (N-methyl/N-ethyl adjacent to an activating group) is 1. The molecule has 146 valence electrons. The van der Waals surface area contributed by atoms with Gasteiger partial charge in [-0.05, 0) is 65.6 Å². The summed E-state index contributed by atoms with van der Waals surface area (Å²) < 4.78 is 5.76. The summed E-state index contributed by atoms with van der Waals surface area (Å²) in [7, 11) is 1.91. The van der Waals surface area contributed by atoms with Crippen molar-refractivity contribution in [3.63, 3.8) is 0 Å². The van der Waals surface area contributed by atoms with E-state index >= 15 is 0 Å². The molecule has 0 spiro atoms. The Balaban J connectivity index is 0.00000300. The molecule has 0 atom stereocenters. The van der Waals surface area contributed by atoms with E-state index in [1.165, 1.54) is 16.7 Å². The standard InChI is InChI=1S/C25H27NO2.H2/c1-3-24(19-7-5-4-6-8-19)25(20-9-13-22(27)14-10-20)21-11-15-23(16-12-21)28-18-17-26-2;/h4-16,26-27H,3,17-18H2,1-2H3;1H/b25-24-;. The maximum absolute atomic E-state index is 9.72. The minimum absolute atomic E-state index is 0. The van der Waals surface area contributed by atoms with Crippen LogP contribution in [0.15, 0.2) is 78.9 Å². The normalized spacial score (nSPS) is 11.8. The highest BCUT2D eigenvalue weighted by molar-refractivity contribution is 5.98. The number of benzene rings is 3. The zero-order valence-corrected chi connectivity index (χ0v) is 16.5. The molecular formula is C25H29NO2. The molecule has 3 aromatic carbocycles. The van der Waals surface area contributed by atoms with E-state index in [-0.39, 0.29) is 7.18 Å². The third kappa shape index (κ3) is 4.81. The number of rotatable bonds is 8. The highest BCUT2D eigenvalue weighted by Gasteiger charge is 2.13. The quantitative estimate of drug-likeness (QED) is 0.397. The Hall–Kier alpha value is -3.04. The van der Waals surface area contributed by atoms with Crippen LogP contribution in [-0.2, 0) is 0 Å². The molecule has 0 radical (unpaired) electrons. The second-order valence-corrected chi connectivity index (χ2v) is 6.60. The van der Waals surface area contributed by atoms with Crippen molar-refractivity contribution in [2.75, 3.05) is 20.2 Å². The molecule has 0 amide bonds. The van der Waals surface area contributed by atoms with Crippen molar-refractivity contribution in [1.29, 1.82) is 0 Å². The SMILES string of the molecule is CC/C(=C(\c1ccc(O)cc1)c1ccc(OCCNC)cc1)c1ccccc1.[HH]. The Bertz CT molecular complexity index is 904. The summed E-state index contributed by atoms with van der Waals surface area (Å²) in [5.74, 6) is 1.14. The minimum Gasteiger partial charge on any atom is -0.508 e. The molecule has 2 N–H and O–H groups in total. The first kappa shape index (κ1) is 19.7. The molecule has 0 saturated carbocycles. The molecule has 0 fully saturated rings. The maximum atomic E-state index is 9.72. The molecule has 0 aliphatic carbocycles. The summed E-state index contributed by atoms with van der Waals surface area (Å²) in [6, 6.07) is 26.1. The van der Waals surface area contributed by atoms with Crippen molar-refractivity contribution in [1.82, 2.24) is 5.32 Å². The first-order chi connectivity index (χ1) is 13.7. The highest BCUT2D eigenvalue weighted by Crippen LogP contribution is 2.35. The fourth-order valence-corrected chi connectivity index (χ4v) is 3.30. The van der Waals surface area contributed by atoms with Crippen molar-refractivity contribution >= 4 is 11.1 Å². The van der Waals surface area contributed by atoms with Crippen molar-refractivity contribution in [2.24, 2.45) is 0 Å². The largest absolute Gasteiger partial charge is 0.508 e. The Kier molecular flexibility index (Phi) is 6.88. The molecule has 3 rings (SSSR count). The molecule has 0 saturated heterocycles. The number of hydrogen-bond acceptors (Lipinski definition) is 3. The first-order valence-electron chi connectivity index (χ1n) is 9.68. The molecule has 0 aromatic heterocycles. The summed E-state index contributed by atoms with van der Waals surface area (Å²) in [5.41, 5.74) is 5.88. The van der Waals surface area contributed by atoms with Gasteiger partial charge in [0.05, 0.1) is 0 Å². The second-order valence-electron chi connectivity index (χ2n) is 6.60. The molecule has 0 bridgehead atoms. The molecular weight excluding hydrogens is 346 g/mol. The topological polar surface area (TPSA) is 41.5 Å². The fraction of sp³-hybridized carbons (Fsp3) is 0.200. The molecule has 3 nitrogen and oxygen atoms in total. The lowest BCUT2D eigenvalue weighted by atomic mass is 9.88. The van der Waals surface area contributed by atoms with E-state index in [0.29, 0.717) is 6.61 Å². The van der Waals surface area contributed by atoms with Crippen LogP contribution in [0.3, 0.4) is 0 Å². The predicted octanol–water partition coefficient (Wildman–Crippen LogP) is 5.61. The number of phenolic OH excluding ortho intramolecular Hbond substituents is 1. The summed E-state index contributed by atoms with van der Waals surface area (Å²) in [5, 5.41) is 12.8. The van der Waals surface area contributed by atoms with Crippen molar-refractivity contribution in [3.05, 3.63) is 95.6 Å². The average molecular weight is 376 g/mol. The Morgan fingerprint density at radius 3 is 2.04 bits per heavy atom. The number of aromatic hydroxyl groups is 1. The number of allylic oxidation sites excluding steroid dienone is 1. The lowest BCUT2D eigenvalue weighted by Crippen LogP contribution is -2.15. The summed E-state index contributed by atoms with van der Waals surface area (Å²) in [4.78, 5) is 0. The van der Waals surface area contributed by atoms with E-state index < -0.39 is 0 Å². The third-order valence-corrected chi connectivity index (χ3v) is 4.70. The molecule has 0 aliphatic heterocycles. The number of ether oxygens (including phenoxy) is 1. The maximum Gasteiger partial charge on any atom is 0.119 e. The van der Waals surface area contributed by atoms with Gasteiger partial charge in [0.15, 0.2) is 0 Å². The van der Waals surface area contributed by atoms with Crippen LogP contribution in [0.2, 0.25) is 0 Å². The number of phenols is 1. The lowest BCUT2D eigenvalue weighted by Gasteiger charge is -2.17. The smallest absolute Gasteiger partial charge is 0.119 e. The summed E-state index contributed by atoms with van der Waals surface area (Å²) in [6.07, 6.45) is 0.903. The van der Waals surface area contributed by atoms with Gasteiger partial charge in [-0.2, -0.15) is 0 Å². The van der Waals surface area contributed by atoms with Crippen LogP contribution in [0, 0.1) is 0 Å². The first-order valence-corrected chi connectivity index (χ1v) is 9.68. The Morgan fingerprint density at radius 2 is 1.46 bits per heavy atom. The zero-order valence-electron chi connectivity index (χ0n) is 16.5. The van der Waals surface area contributed by atoms with Gasteiger partial charge >= 0.3 is 0 Å². The lowest BCUT2D eigenvalue weighted by molar-refractivity contribution is 0.318. The Labute approximate surface area is 168 Å². The van der Waals surface area contributed by atoms with Gasteiger partial charge < -0.3 is 15.2 Å². The molecule has 0 aliphatic rings. The fourth-order valence-electron chi connectivity index (χ4n) is 3.30. The molecule has 0 unspecified atom stereocenters. The summed E-state index contributed by atoms with van der Waals surface area (Å²) >= 11 is 0. The highest BCUT2D eigenvalue weighted by atomic mass is 16.5. The van der Waals surface area contributed by atoms with E-state index in [9.17, 15) is 5.11 Å². The van der Waals surface area contributed by atoms with E-state index in [1.807, 2.05) is 37.4 Å². The van der Waals surface area contributed by atoms with Gasteiger partial charge in [-0.15, -0.1) is 0 Å². The zero-order chi connectivity index (χ0) is 19.8. The molecule has 28 heavy (non-hydrogen) atoms. The van der Waals surface area contributed by atoms with Crippen molar-refractivity contribution in [2.45, 2.75) is 13.3 Å². The Morgan fingerprint density at radius 1 is 0.857 bits per heavy atom. The van der Waals surface area contributed by atoms with Crippen molar-refractivity contribution < 1.29 is 11.3 Å². The van der Waals surface area contributed by atoms with Gasteiger partial charge in [0.2, 0.25) is 0 Å². The average Bonchev–Trinajstić information content (AvgIpc) is 2.74. The van der Waals surface area contributed by atoms with E-state index in [2.05, 4.69) is 48.6 Å². The summed E-state index contributed by atoms with van der Waals surface area (Å²) in [6.45, 7) is 3.63. The van der Waals surface area contributed by atoms with Gasteiger partial charge in [-0.3, -0.25) is 0 Å². The van der Waals surface area contributed by atoms with Gasteiger partial charge in [0.1, 0.15) is 18.1 Å².